The number of carbonyl (C=O) groups excluding carboxylic acids is 1. The number of para-hydroxylation sites is 2. The van der Waals surface area contributed by atoms with Crippen molar-refractivity contribution >= 4 is 17.6 Å². The van der Waals surface area contributed by atoms with Crippen molar-refractivity contribution in [2.45, 2.75) is 13.0 Å². The van der Waals surface area contributed by atoms with E-state index < -0.39 is 0 Å². The van der Waals surface area contributed by atoms with Crippen molar-refractivity contribution in [1.82, 2.24) is 10.6 Å². The van der Waals surface area contributed by atoms with Gasteiger partial charge in [0.05, 0.1) is 27.0 Å². The van der Waals surface area contributed by atoms with Gasteiger partial charge in [0.15, 0.2) is 24.1 Å². The molecule has 0 atom stereocenters. The van der Waals surface area contributed by atoms with E-state index in [2.05, 4.69) is 15.6 Å². The van der Waals surface area contributed by atoms with E-state index >= 15 is 0 Å². The first-order valence-electron chi connectivity index (χ1n) is 10.4. The summed E-state index contributed by atoms with van der Waals surface area (Å²) in [4.78, 5) is 18.3. The number of guanidine groups is 1. The Balaban J connectivity index is 1.52. The summed E-state index contributed by atoms with van der Waals surface area (Å²) in [5.41, 5.74) is 1.77. The molecule has 0 saturated heterocycles. The third-order valence-electron chi connectivity index (χ3n) is 5.07. The normalized spacial score (nSPS) is 13.2. The van der Waals surface area contributed by atoms with E-state index in [9.17, 15) is 4.79 Å². The van der Waals surface area contributed by atoms with E-state index in [-0.39, 0.29) is 12.5 Å². The van der Waals surface area contributed by atoms with E-state index in [1.165, 1.54) is 0 Å². The maximum Gasteiger partial charge on any atom is 0.265 e. The van der Waals surface area contributed by atoms with Crippen LogP contribution in [0.2, 0.25) is 0 Å². The van der Waals surface area contributed by atoms with Gasteiger partial charge in [0.25, 0.3) is 5.91 Å². The van der Waals surface area contributed by atoms with Crippen LogP contribution in [0.3, 0.4) is 0 Å². The molecule has 0 radical (unpaired) electrons. The molecule has 1 amide bonds. The van der Waals surface area contributed by atoms with Gasteiger partial charge in [0.1, 0.15) is 5.75 Å². The highest BCUT2D eigenvalue weighted by Crippen LogP contribution is 2.38. The third-order valence-corrected chi connectivity index (χ3v) is 5.07. The number of hydrogen-bond donors (Lipinski definition) is 2. The van der Waals surface area contributed by atoms with Crippen molar-refractivity contribution in [3.63, 3.8) is 0 Å². The van der Waals surface area contributed by atoms with Gasteiger partial charge in [-0.3, -0.25) is 9.79 Å². The summed E-state index contributed by atoms with van der Waals surface area (Å²) in [5.74, 6) is 3.12. The first-order valence-corrected chi connectivity index (χ1v) is 10.4. The Morgan fingerprint density at radius 2 is 1.81 bits per heavy atom. The molecule has 0 saturated carbocycles. The SMILES string of the molecule is CN=C(NCCCN1C(=O)COc2ccccc21)NCc1cc(OC)c(OC)c(OC)c1. The molecule has 9 nitrogen and oxygen atoms in total. The number of hydrogen-bond acceptors (Lipinski definition) is 6. The minimum Gasteiger partial charge on any atom is -0.493 e. The second-order valence-electron chi connectivity index (χ2n) is 7.04. The standard InChI is InChI=1S/C23H30N4O5/c1-24-23(26-14-16-12-19(29-2)22(31-4)20(13-16)30-3)25-10-7-11-27-17-8-5-6-9-18(17)32-15-21(27)28/h5-6,8-9,12-13H,7,10-11,14-15H2,1-4H3,(H2,24,25,26). The summed E-state index contributed by atoms with van der Waals surface area (Å²) in [6.07, 6.45) is 0.755. The molecule has 0 bridgehead atoms. The quantitative estimate of drug-likeness (QED) is 0.349. The summed E-state index contributed by atoms with van der Waals surface area (Å²) in [6, 6.07) is 11.4. The lowest BCUT2D eigenvalue weighted by atomic mass is 10.2. The lowest BCUT2D eigenvalue weighted by Crippen LogP contribution is -2.42. The number of rotatable bonds is 9. The van der Waals surface area contributed by atoms with Crippen molar-refractivity contribution in [3.8, 4) is 23.0 Å². The largest absolute Gasteiger partial charge is 0.493 e. The summed E-state index contributed by atoms with van der Waals surface area (Å²) >= 11 is 0. The Morgan fingerprint density at radius 3 is 2.47 bits per heavy atom. The fraction of sp³-hybridized carbons (Fsp3) is 0.391. The third kappa shape index (κ3) is 5.35. The molecular formula is C23H30N4O5. The molecular weight excluding hydrogens is 412 g/mol. The molecule has 9 heteroatoms. The molecule has 0 aromatic heterocycles. The van der Waals surface area contributed by atoms with Gasteiger partial charge in [-0.15, -0.1) is 0 Å². The predicted octanol–water partition coefficient (Wildman–Crippen LogP) is 2.19. The average molecular weight is 443 g/mol. The molecule has 1 aliphatic heterocycles. The Labute approximate surface area is 188 Å². The molecule has 1 aliphatic rings. The summed E-state index contributed by atoms with van der Waals surface area (Å²) in [6.45, 7) is 1.84. The molecule has 0 unspecified atom stereocenters. The van der Waals surface area contributed by atoms with E-state index in [0.29, 0.717) is 42.8 Å². The zero-order valence-corrected chi connectivity index (χ0v) is 18.9. The highest BCUT2D eigenvalue weighted by molar-refractivity contribution is 5.97. The smallest absolute Gasteiger partial charge is 0.265 e. The number of carbonyl (C=O) groups is 1. The van der Waals surface area contributed by atoms with Gasteiger partial charge in [0.2, 0.25) is 5.75 Å². The highest BCUT2D eigenvalue weighted by Gasteiger charge is 2.24. The number of amides is 1. The lowest BCUT2D eigenvalue weighted by Gasteiger charge is -2.29. The predicted molar refractivity (Wildman–Crippen MR) is 123 cm³/mol. The molecule has 0 spiro atoms. The minimum absolute atomic E-state index is 0.0337. The van der Waals surface area contributed by atoms with E-state index in [0.717, 1.165) is 23.4 Å². The zero-order valence-electron chi connectivity index (χ0n) is 18.9. The van der Waals surface area contributed by atoms with Gasteiger partial charge in [-0.05, 0) is 36.2 Å². The van der Waals surface area contributed by atoms with Gasteiger partial charge in [-0.2, -0.15) is 0 Å². The van der Waals surface area contributed by atoms with Gasteiger partial charge >= 0.3 is 0 Å². The van der Waals surface area contributed by atoms with Crippen LogP contribution in [0.25, 0.3) is 0 Å². The van der Waals surface area contributed by atoms with Gasteiger partial charge in [0, 0.05) is 26.7 Å². The Morgan fingerprint density at radius 1 is 1.09 bits per heavy atom. The van der Waals surface area contributed by atoms with Crippen LogP contribution in [-0.2, 0) is 11.3 Å². The number of nitrogens with zero attached hydrogens (tertiary/aromatic N) is 2. The summed E-state index contributed by atoms with van der Waals surface area (Å²) in [5, 5.41) is 6.56. The highest BCUT2D eigenvalue weighted by atomic mass is 16.5. The molecule has 1 heterocycles. The van der Waals surface area contributed by atoms with Crippen LogP contribution in [0.1, 0.15) is 12.0 Å². The molecule has 0 fully saturated rings. The second kappa shape index (κ2) is 11.1. The number of fused-ring (bicyclic) bond motifs is 1. The first-order chi connectivity index (χ1) is 15.6. The van der Waals surface area contributed by atoms with Crippen molar-refractivity contribution in [2.75, 3.05) is 53.0 Å². The van der Waals surface area contributed by atoms with E-state index in [1.54, 1.807) is 33.3 Å². The van der Waals surface area contributed by atoms with Crippen LogP contribution in [0.5, 0.6) is 23.0 Å². The Kier molecular flexibility index (Phi) is 8.02. The number of nitrogens with one attached hydrogen (secondary N) is 2. The van der Waals surface area contributed by atoms with Crippen LogP contribution >= 0.6 is 0 Å². The number of anilines is 1. The molecule has 2 N–H and O–H groups in total. The fourth-order valence-corrected chi connectivity index (χ4v) is 3.49. The number of aliphatic imine (C=N–C) groups is 1. The molecule has 172 valence electrons. The Hall–Kier alpha value is -3.62. The maximum absolute atomic E-state index is 12.3. The monoisotopic (exact) mass is 442 g/mol. The van der Waals surface area contributed by atoms with E-state index in [4.69, 9.17) is 18.9 Å². The lowest BCUT2D eigenvalue weighted by molar-refractivity contribution is -0.121. The summed E-state index contributed by atoms with van der Waals surface area (Å²) in [7, 11) is 6.47. The van der Waals surface area contributed by atoms with E-state index in [1.807, 2.05) is 36.4 Å². The van der Waals surface area contributed by atoms with Gasteiger partial charge in [-0.1, -0.05) is 12.1 Å². The van der Waals surface area contributed by atoms with Crippen LogP contribution in [0.4, 0.5) is 5.69 Å². The second-order valence-corrected chi connectivity index (χ2v) is 7.04. The number of ether oxygens (including phenoxy) is 4. The number of benzene rings is 2. The van der Waals surface area contributed by atoms with Crippen molar-refractivity contribution in [2.24, 2.45) is 4.99 Å². The van der Waals surface area contributed by atoms with Gasteiger partial charge < -0.3 is 34.5 Å². The topological polar surface area (TPSA) is 93.7 Å². The number of methoxy groups -OCH3 is 3. The zero-order chi connectivity index (χ0) is 22.9. The van der Waals surface area contributed by atoms with Crippen LogP contribution in [-0.4, -0.2) is 59.9 Å². The van der Waals surface area contributed by atoms with Gasteiger partial charge in [-0.25, -0.2) is 0 Å². The van der Waals surface area contributed by atoms with Crippen molar-refractivity contribution in [3.05, 3.63) is 42.0 Å². The van der Waals surface area contributed by atoms with Crippen molar-refractivity contribution in [1.29, 1.82) is 0 Å². The van der Waals surface area contributed by atoms with Crippen LogP contribution in [0, 0.1) is 0 Å². The fourth-order valence-electron chi connectivity index (χ4n) is 3.49. The molecule has 2 aromatic carbocycles. The van der Waals surface area contributed by atoms with Crippen LogP contribution in [0.15, 0.2) is 41.4 Å². The minimum atomic E-state index is -0.0337. The molecule has 32 heavy (non-hydrogen) atoms. The molecule has 3 rings (SSSR count). The van der Waals surface area contributed by atoms with Crippen LogP contribution < -0.4 is 34.5 Å². The molecule has 2 aromatic rings. The molecule has 0 aliphatic carbocycles. The maximum atomic E-state index is 12.3. The van der Waals surface area contributed by atoms with Crippen molar-refractivity contribution < 1.29 is 23.7 Å². The summed E-state index contributed by atoms with van der Waals surface area (Å²) < 4.78 is 21.7. The Bertz CT molecular complexity index is 938. The average Bonchev–Trinajstić information content (AvgIpc) is 2.83. The first kappa shape index (κ1) is 23.1.